The summed E-state index contributed by atoms with van der Waals surface area (Å²) in [6.45, 7) is -0.367. The molecule has 1 unspecified atom stereocenters. The molecule has 0 bridgehead atoms. The van der Waals surface area contributed by atoms with Crippen molar-refractivity contribution in [3.8, 4) is 5.75 Å². The summed E-state index contributed by atoms with van der Waals surface area (Å²) in [7, 11) is -2.54. The van der Waals surface area contributed by atoms with Crippen LogP contribution < -0.4 is 15.8 Å². The maximum atomic E-state index is 11.9. The maximum Gasteiger partial charge on any atom is 0.750 e. The largest absolute Gasteiger partial charge is 0.750 e. The summed E-state index contributed by atoms with van der Waals surface area (Å²) in [5, 5.41) is 9.83. The Morgan fingerprint density at radius 1 is 1.26 bits per heavy atom. The molecule has 0 saturated heterocycles. The van der Waals surface area contributed by atoms with Crippen LogP contribution in [0.3, 0.4) is 0 Å². The molecule has 0 aliphatic carbocycles. The SMILES string of the molecule is O=c1ccn([C@@H](CBr)O[C@H](CO[P+](=O)Oc2ccccc2)[C@@H](O)Cl)c(=O)[nH]1. The first-order chi connectivity index (χ1) is 12.9. The number of hydrogen-bond acceptors (Lipinski definition) is 7. The van der Waals surface area contributed by atoms with E-state index >= 15 is 0 Å². The summed E-state index contributed by atoms with van der Waals surface area (Å²) in [5.41, 5.74) is -2.77. The molecule has 27 heavy (non-hydrogen) atoms. The topological polar surface area (TPSA) is 120 Å². The van der Waals surface area contributed by atoms with E-state index in [1.165, 1.54) is 6.20 Å². The van der Waals surface area contributed by atoms with Crippen LogP contribution in [0.4, 0.5) is 0 Å². The van der Waals surface area contributed by atoms with Gasteiger partial charge in [0.05, 0.1) is 0 Å². The van der Waals surface area contributed by atoms with Crippen LogP contribution in [0.2, 0.25) is 0 Å². The van der Waals surface area contributed by atoms with E-state index in [1.807, 2.05) is 0 Å². The minimum atomic E-state index is -2.54. The van der Waals surface area contributed by atoms with Gasteiger partial charge in [-0.3, -0.25) is 14.3 Å². The highest BCUT2D eigenvalue weighted by atomic mass is 79.9. The molecule has 0 radical (unpaired) electrons. The number of hydrogen-bond donors (Lipinski definition) is 2. The average molecular weight is 483 g/mol. The molecule has 0 spiro atoms. The van der Waals surface area contributed by atoms with Crippen molar-refractivity contribution in [2.24, 2.45) is 0 Å². The minimum absolute atomic E-state index is 0.145. The van der Waals surface area contributed by atoms with E-state index in [1.54, 1.807) is 30.3 Å². The van der Waals surface area contributed by atoms with Crippen LogP contribution in [-0.4, -0.2) is 38.3 Å². The van der Waals surface area contributed by atoms with Crippen LogP contribution in [0, 0.1) is 0 Å². The molecular formula is C15H16BrClN2O7P+. The Balaban J connectivity index is 2.00. The Morgan fingerprint density at radius 2 is 1.96 bits per heavy atom. The van der Waals surface area contributed by atoms with Crippen molar-refractivity contribution in [2.45, 2.75) is 17.9 Å². The number of alkyl halides is 2. The zero-order valence-corrected chi connectivity index (χ0v) is 17.0. The van der Waals surface area contributed by atoms with Gasteiger partial charge < -0.3 is 9.84 Å². The van der Waals surface area contributed by atoms with E-state index < -0.39 is 37.4 Å². The fraction of sp³-hybridized carbons (Fsp3) is 0.333. The van der Waals surface area contributed by atoms with Gasteiger partial charge in [0.25, 0.3) is 5.56 Å². The highest BCUT2D eigenvalue weighted by Gasteiger charge is 2.30. The van der Waals surface area contributed by atoms with Crippen LogP contribution in [0.5, 0.6) is 5.75 Å². The molecule has 12 heteroatoms. The van der Waals surface area contributed by atoms with Gasteiger partial charge >= 0.3 is 13.9 Å². The van der Waals surface area contributed by atoms with Crippen molar-refractivity contribution < 1.29 is 23.5 Å². The molecule has 4 atom stereocenters. The quantitative estimate of drug-likeness (QED) is 0.393. The number of rotatable bonds is 10. The lowest BCUT2D eigenvalue weighted by atomic mass is 10.3. The Hall–Kier alpha value is -1.55. The first-order valence-corrected chi connectivity index (χ1v) is 10.2. The molecular weight excluding hydrogens is 467 g/mol. The van der Waals surface area contributed by atoms with Gasteiger partial charge in [0, 0.05) is 22.2 Å². The van der Waals surface area contributed by atoms with Crippen molar-refractivity contribution >= 4 is 35.8 Å². The Bertz CT molecular complexity index is 861. The third kappa shape index (κ3) is 6.84. The molecule has 0 aliphatic rings. The smallest absolute Gasteiger partial charge is 0.375 e. The van der Waals surface area contributed by atoms with Crippen LogP contribution in [0.1, 0.15) is 6.23 Å². The van der Waals surface area contributed by atoms with Crippen molar-refractivity contribution in [3.05, 3.63) is 63.4 Å². The van der Waals surface area contributed by atoms with Crippen molar-refractivity contribution in [1.82, 2.24) is 9.55 Å². The summed E-state index contributed by atoms with van der Waals surface area (Å²) in [4.78, 5) is 25.1. The lowest BCUT2D eigenvalue weighted by Gasteiger charge is -2.24. The number of aromatic amines is 1. The number of aromatic nitrogens is 2. The van der Waals surface area contributed by atoms with Gasteiger partial charge in [-0.1, -0.05) is 45.7 Å². The number of para-hydroxylation sites is 1. The zero-order chi connectivity index (χ0) is 19.8. The van der Waals surface area contributed by atoms with Crippen LogP contribution >= 0.6 is 35.8 Å². The highest BCUT2D eigenvalue weighted by molar-refractivity contribution is 9.09. The van der Waals surface area contributed by atoms with Gasteiger partial charge in [0.1, 0.15) is 18.9 Å². The van der Waals surface area contributed by atoms with E-state index in [0.29, 0.717) is 5.75 Å². The minimum Gasteiger partial charge on any atom is -0.375 e. The van der Waals surface area contributed by atoms with Crippen molar-refractivity contribution in [2.75, 3.05) is 11.9 Å². The first kappa shape index (κ1) is 21.7. The second-order valence-corrected chi connectivity index (χ2v) is 7.08. The van der Waals surface area contributed by atoms with Gasteiger partial charge in [-0.2, -0.15) is 0 Å². The Labute approximate surface area is 167 Å². The third-order valence-corrected chi connectivity index (χ3v) is 4.75. The maximum absolute atomic E-state index is 11.9. The predicted octanol–water partition coefficient (Wildman–Crippen LogP) is 2.13. The number of halogens is 2. The summed E-state index contributed by atoms with van der Waals surface area (Å²) in [6.07, 6.45) is -0.805. The number of nitrogens with zero attached hydrogens (tertiary/aromatic N) is 1. The molecule has 0 fully saturated rings. The van der Waals surface area contributed by atoms with Gasteiger partial charge in [-0.25, -0.2) is 9.32 Å². The molecule has 1 aromatic carbocycles. The lowest BCUT2D eigenvalue weighted by molar-refractivity contribution is -0.0910. The third-order valence-electron chi connectivity index (χ3n) is 3.20. The molecule has 2 rings (SSSR count). The second-order valence-electron chi connectivity index (χ2n) is 5.10. The number of H-pyrrole nitrogens is 1. The van der Waals surface area contributed by atoms with Gasteiger partial charge in [0.2, 0.25) is 0 Å². The summed E-state index contributed by atoms with van der Waals surface area (Å²) in [5.74, 6) is 0.348. The molecule has 0 saturated carbocycles. The number of nitrogens with one attached hydrogen (secondary N) is 1. The number of aliphatic hydroxyl groups is 1. The van der Waals surface area contributed by atoms with E-state index in [-0.39, 0.29) is 11.9 Å². The highest BCUT2D eigenvalue weighted by Crippen LogP contribution is 2.29. The van der Waals surface area contributed by atoms with E-state index in [2.05, 4.69) is 20.9 Å². The van der Waals surface area contributed by atoms with Crippen molar-refractivity contribution in [3.63, 3.8) is 0 Å². The molecule has 2 N–H and O–H groups in total. The molecule has 146 valence electrons. The molecule has 2 aromatic rings. The summed E-state index contributed by atoms with van der Waals surface area (Å²) < 4.78 is 28.7. The summed E-state index contributed by atoms with van der Waals surface area (Å²) >= 11 is 8.88. The average Bonchev–Trinajstić information content (AvgIpc) is 2.63. The molecule has 1 heterocycles. The summed E-state index contributed by atoms with van der Waals surface area (Å²) in [6, 6.07) is 9.53. The first-order valence-electron chi connectivity index (χ1n) is 7.59. The molecule has 0 aliphatic heterocycles. The predicted molar refractivity (Wildman–Crippen MR) is 102 cm³/mol. The Morgan fingerprint density at radius 3 is 2.56 bits per heavy atom. The van der Waals surface area contributed by atoms with Crippen molar-refractivity contribution in [1.29, 1.82) is 0 Å². The van der Waals surface area contributed by atoms with Crippen LogP contribution in [0.15, 0.2) is 52.2 Å². The molecule has 0 amide bonds. The lowest BCUT2D eigenvalue weighted by Crippen LogP contribution is -2.38. The number of ether oxygens (including phenoxy) is 1. The van der Waals surface area contributed by atoms with Crippen LogP contribution in [0.25, 0.3) is 0 Å². The number of aliphatic hydroxyl groups excluding tert-OH is 1. The fourth-order valence-electron chi connectivity index (χ4n) is 1.94. The van der Waals surface area contributed by atoms with E-state index in [9.17, 15) is 19.3 Å². The van der Waals surface area contributed by atoms with Gasteiger partial charge in [-0.15, -0.1) is 4.52 Å². The molecule has 9 nitrogen and oxygen atoms in total. The zero-order valence-electron chi connectivity index (χ0n) is 13.7. The Kier molecular flexibility index (Phi) is 8.62. The molecule has 1 aromatic heterocycles. The standard InChI is InChI=1S/C15H15BrClN2O7P/c16-8-13(19-7-6-12(20)18-15(19)22)25-11(14(17)21)9-24-27(23)26-10-4-2-1-3-5-10/h1-7,11,13-14,21H,8-9H2/p+1/t11-,13-,14-/m1/s1. The fourth-order valence-corrected chi connectivity index (χ4v) is 3.16. The van der Waals surface area contributed by atoms with E-state index in [0.717, 1.165) is 10.6 Å². The van der Waals surface area contributed by atoms with Crippen LogP contribution in [-0.2, 0) is 13.8 Å². The van der Waals surface area contributed by atoms with Gasteiger partial charge in [0.15, 0.2) is 11.3 Å². The normalized spacial score (nSPS) is 15.0. The second kappa shape index (κ2) is 10.7. The van der Waals surface area contributed by atoms with Gasteiger partial charge in [-0.05, 0) is 12.1 Å². The van der Waals surface area contributed by atoms with E-state index in [4.69, 9.17) is 25.4 Å². The monoisotopic (exact) mass is 481 g/mol. The number of benzene rings is 1.